The van der Waals surface area contributed by atoms with E-state index < -0.39 is 0 Å². The van der Waals surface area contributed by atoms with Crippen molar-refractivity contribution in [3.8, 4) is 11.6 Å². The fourth-order valence-electron chi connectivity index (χ4n) is 3.11. The largest absolute Gasteiger partial charge is 0.438 e. The molecule has 0 spiro atoms. The minimum absolute atomic E-state index is 0.267. The van der Waals surface area contributed by atoms with Gasteiger partial charge in [0.2, 0.25) is 5.88 Å². The van der Waals surface area contributed by atoms with Gasteiger partial charge in [0.05, 0.1) is 6.61 Å². The van der Waals surface area contributed by atoms with Crippen LogP contribution in [0.25, 0.3) is 10.9 Å². The average Bonchev–Trinajstić information content (AvgIpc) is 3.15. The van der Waals surface area contributed by atoms with E-state index in [2.05, 4.69) is 14.9 Å². The van der Waals surface area contributed by atoms with Gasteiger partial charge in [-0.1, -0.05) is 18.2 Å². The number of carbonyl (C=O) groups is 1. The van der Waals surface area contributed by atoms with Crippen LogP contribution in [0.1, 0.15) is 10.4 Å². The monoisotopic (exact) mass is 387 g/mol. The second-order valence-corrected chi connectivity index (χ2v) is 6.50. The van der Waals surface area contributed by atoms with Crippen molar-refractivity contribution in [2.75, 3.05) is 19.0 Å². The van der Waals surface area contributed by atoms with Crippen molar-refractivity contribution >= 4 is 22.5 Å². The van der Waals surface area contributed by atoms with Gasteiger partial charge in [-0.2, -0.15) is 0 Å². The minimum atomic E-state index is -0.276. The molecule has 0 atom stereocenters. The van der Waals surface area contributed by atoms with E-state index in [1.54, 1.807) is 25.4 Å². The normalized spacial score (nSPS) is 10.8. The Hall–Kier alpha value is -3.64. The van der Waals surface area contributed by atoms with Crippen molar-refractivity contribution in [3.63, 3.8) is 0 Å². The fourth-order valence-corrected chi connectivity index (χ4v) is 3.11. The molecule has 4 rings (SSSR count). The van der Waals surface area contributed by atoms with E-state index in [4.69, 9.17) is 9.47 Å². The number of nitrogens with one attached hydrogen (secondary N) is 1. The number of pyridine rings is 1. The van der Waals surface area contributed by atoms with Gasteiger partial charge in [0.15, 0.2) is 0 Å². The van der Waals surface area contributed by atoms with Gasteiger partial charge in [0, 0.05) is 42.6 Å². The first-order chi connectivity index (χ1) is 14.2. The zero-order valence-corrected chi connectivity index (χ0v) is 16.0. The smallest absolute Gasteiger partial charge is 0.261 e. The van der Waals surface area contributed by atoms with E-state index in [-0.39, 0.29) is 11.8 Å². The molecule has 2 aromatic heterocycles. The van der Waals surface area contributed by atoms with Crippen molar-refractivity contribution in [3.05, 3.63) is 84.7 Å². The summed E-state index contributed by atoms with van der Waals surface area (Å²) in [7, 11) is 1.69. The maximum absolute atomic E-state index is 12.9. The Kier molecular flexibility index (Phi) is 5.54. The van der Waals surface area contributed by atoms with E-state index in [9.17, 15) is 4.79 Å². The maximum atomic E-state index is 12.9. The van der Waals surface area contributed by atoms with Gasteiger partial charge >= 0.3 is 0 Å². The quantitative estimate of drug-likeness (QED) is 0.498. The standard InChI is InChI=1S/C23H21N3O3/c1-28-15-14-26-13-11-17-16-18(9-10-21(17)26)25-22(27)20-8-5-12-24-23(20)29-19-6-3-2-4-7-19/h2-13,16H,14-15H2,1H3,(H,25,27). The molecule has 1 amide bonds. The predicted molar refractivity (Wildman–Crippen MR) is 113 cm³/mol. The number of para-hydroxylation sites is 1. The van der Waals surface area contributed by atoms with Crippen LogP contribution in [-0.4, -0.2) is 29.2 Å². The minimum Gasteiger partial charge on any atom is -0.438 e. The highest BCUT2D eigenvalue weighted by atomic mass is 16.5. The summed E-state index contributed by atoms with van der Waals surface area (Å²) in [5.41, 5.74) is 2.17. The number of methoxy groups -OCH3 is 1. The number of nitrogens with zero attached hydrogens (tertiary/aromatic N) is 2. The number of rotatable bonds is 7. The lowest BCUT2D eigenvalue weighted by molar-refractivity contribution is 0.102. The lowest BCUT2D eigenvalue weighted by Gasteiger charge is -2.11. The van der Waals surface area contributed by atoms with E-state index in [1.807, 2.05) is 60.8 Å². The SMILES string of the molecule is COCCn1ccc2cc(NC(=O)c3cccnc3Oc3ccccc3)ccc21. The van der Waals surface area contributed by atoms with Crippen LogP contribution in [0.15, 0.2) is 79.1 Å². The van der Waals surface area contributed by atoms with Crippen molar-refractivity contribution in [2.24, 2.45) is 0 Å². The van der Waals surface area contributed by atoms with E-state index >= 15 is 0 Å². The zero-order chi connectivity index (χ0) is 20.1. The number of carbonyl (C=O) groups excluding carboxylic acids is 1. The van der Waals surface area contributed by atoms with Crippen LogP contribution in [0.5, 0.6) is 11.6 Å². The molecular weight excluding hydrogens is 366 g/mol. The highest BCUT2D eigenvalue weighted by Gasteiger charge is 2.15. The summed E-state index contributed by atoms with van der Waals surface area (Å²) < 4.78 is 13.1. The van der Waals surface area contributed by atoms with Crippen molar-refractivity contribution in [1.29, 1.82) is 0 Å². The molecule has 0 bridgehead atoms. The zero-order valence-electron chi connectivity index (χ0n) is 16.0. The van der Waals surface area contributed by atoms with E-state index in [1.165, 1.54) is 0 Å². The van der Waals surface area contributed by atoms with E-state index in [0.717, 1.165) is 17.4 Å². The Morgan fingerprint density at radius 1 is 1.07 bits per heavy atom. The third-order valence-corrected chi connectivity index (χ3v) is 4.54. The number of aromatic nitrogens is 2. The Balaban J connectivity index is 1.54. The van der Waals surface area contributed by atoms with Crippen LogP contribution in [0.2, 0.25) is 0 Å². The Morgan fingerprint density at radius 3 is 2.76 bits per heavy atom. The van der Waals surface area contributed by atoms with Gasteiger partial charge in [-0.25, -0.2) is 4.98 Å². The number of amides is 1. The molecule has 4 aromatic rings. The lowest BCUT2D eigenvalue weighted by Crippen LogP contribution is -2.13. The van der Waals surface area contributed by atoms with Crippen LogP contribution >= 0.6 is 0 Å². The van der Waals surface area contributed by atoms with Crippen LogP contribution < -0.4 is 10.1 Å². The van der Waals surface area contributed by atoms with Gasteiger partial charge in [-0.15, -0.1) is 0 Å². The van der Waals surface area contributed by atoms with Crippen molar-refractivity contribution < 1.29 is 14.3 Å². The Morgan fingerprint density at radius 2 is 1.93 bits per heavy atom. The molecule has 6 heteroatoms. The molecule has 1 N–H and O–H groups in total. The van der Waals surface area contributed by atoms with Crippen molar-refractivity contribution in [2.45, 2.75) is 6.54 Å². The third kappa shape index (κ3) is 4.28. The molecule has 2 aromatic carbocycles. The summed E-state index contributed by atoms with van der Waals surface area (Å²) in [5, 5.41) is 3.98. The first-order valence-electron chi connectivity index (χ1n) is 9.32. The summed E-state index contributed by atoms with van der Waals surface area (Å²) in [5.74, 6) is 0.615. The molecule has 0 aliphatic heterocycles. The second-order valence-electron chi connectivity index (χ2n) is 6.50. The Bertz CT molecular complexity index is 1120. The molecule has 29 heavy (non-hydrogen) atoms. The molecule has 2 heterocycles. The lowest BCUT2D eigenvalue weighted by atomic mass is 10.2. The summed E-state index contributed by atoms with van der Waals surface area (Å²) in [4.78, 5) is 17.1. The molecule has 0 aliphatic rings. The highest BCUT2D eigenvalue weighted by Crippen LogP contribution is 2.25. The average molecular weight is 387 g/mol. The first kappa shape index (κ1) is 18.7. The highest BCUT2D eigenvalue weighted by molar-refractivity contribution is 6.06. The van der Waals surface area contributed by atoms with Crippen LogP contribution in [-0.2, 0) is 11.3 Å². The summed E-state index contributed by atoms with van der Waals surface area (Å²) >= 11 is 0. The number of benzene rings is 2. The maximum Gasteiger partial charge on any atom is 0.261 e. The van der Waals surface area contributed by atoms with Gasteiger partial charge in [0.1, 0.15) is 11.3 Å². The molecule has 0 saturated carbocycles. The third-order valence-electron chi connectivity index (χ3n) is 4.54. The Labute approximate surface area is 168 Å². The fraction of sp³-hybridized carbons (Fsp3) is 0.130. The van der Waals surface area contributed by atoms with E-state index in [0.29, 0.717) is 23.6 Å². The topological polar surface area (TPSA) is 65.4 Å². The van der Waals surface area contributed by atoms with Gasteiger partial charge < -0.3 is 19.4 Å². The summed E-state index contributed by atoms with van der Waals surface area (Å²) in [6, 6.07) is 20.5. The molecule has 0 saturated heterocycles. The molecule has 0 unspecified atom stereocenters. The predicted octanol–water partition coefficient (Wildman–Crippen LogP) is 4.73. The number of hydrogen-bond donors (Lipinski definition) is 1. The number of anilines is 1. The first-order valence-corrected chi connectivity index (χ1v) is 9.32. The second kappa shape index (κ2) is 8.58. The molecule has 6 nitrogen and oxygen atoms in total. The van der Waals surface area contributed by atoms with Gasteiger partial charge in [0.25, 0.3) is 5.91 Å². The molecule has 0 fully saturated rings. The number of hydrogen-bond acceptors (Lipinski definition) is 4. The van der Waals surface area contributed by atoms with Crippen molar-refractivity contribution in [1.82, 2.24) is 9.55 Å². The van der Waals surface area contributed by atoms with Gasteiger partial charge in [-0.05, 0) is 48.5 Å². The summed E-state index contributed by atoms with van der Waals surface area (Å²) in [6.07, 6.45) is 3.62. The molecule has 146 valence electrons. The molecular formula is C23H21N3O3. The molecule has 0 aliphatic carbocycles. The number of fused-ring (bicyclic) bond motifs is 1. The number of ether oxygens (including phenoxy) is 2. The van der Waals surface area contributed by atoms with Crippen LogP contribution in [0.3, 0.4) is 0 Å². The van der Waals surface area contributed by atoms with Crippen LogP contribution in [0.4, 0.5) is 5.69 Å². The van der Waals surface area contributed by atoms with Crippen LogP contribution in [0, 0.1) is 0 Å². The van der Waals surface area contributed by atoms with Gasteiger partial charge in [-0.3, -0.25) is 4.79 Å². The summed E-state index contributed by atoms with van der Waals surface area (Å²) in [6.45, 7) is 1.43. The molecule has 0 radical (unpaired) electrons.